The lowest BCUT2D eigenvalue weighted by atomic mass is 10.1. The first-order valence-electron chi connectivity index (χ1n) is 11.7. The Morgan fingerprint density at radius 3 is 2.26 bits per heavy atom. The topological polar surface area (TPSA) is 87.5 Å². The average Bonchev–Trinajstić information content (AvgIpc) is 2.94. The van der Waals surface area contributed by atoms with Gasteiger partial charge in [0.1, 0.15) is 5.82 Å². The van der Waals surface area contributed by atoms with E-state index < -0.39 is 23.5 Å². The Balaban J connectivity index is 1.39. The van der Waals surface area contributed by atoms with Gasteiger partial charge in [0, 0.05) is 30.3 Å². The van der Waals surface area contributed by atoms with Gasteiger partial charge in [0.2, 0.25) is 0 Å². The molecule has 0 fully saturated rings. The Hall–Kier alpha value is -4.70. The average molecular weight is 536 g/mol. The molecule has 0 aliphatic heterocycles. The fourth-order valence-corrected chi connectivity index (χ4v) is 3.80. The molecule has 4 N–H and O–H groups in total. The highest BCUT2D eigenvalue weighted by Crippen LogP contribution is 2.31. The van der Waals surface area contributed by atoms with Crippen LogP contribution in [-0.4, -0.2) is 11.8 Å². The maximum Gasteiger partial charge on any atom is 0.416 e. The molecular formula is C29H23F4N4O2. The van der Waals surface area contributed by atoms with Crippen LogP contribution >= 0.6 is 0 Å². The Morgan fingerprint density at radius 1 is 0.821 bits per heavy atom. The lowest BCUT2D eigenvalue weighted by Crippen LogP contribution is -2.27. The Bertz CT molecular complexity index is 1470. The maximum absolute atomic E-state index is 13.4. The first kappa shape index (κ1) is 27.3. The molecule has 0 saturated carbocycles. The summed E-state index contributed by atoms with van der Waals surface area (Å²) in [4.78, 5) is 25.1. The molecular weight excluding hydrogens is 512 g/mol. The number of hydrogen-bond acceptors (Lipinski definition) is 4. The van der Waals surface area contributed by atoms with Gasteiger partial charge in [-0.05, 0) is 65.7 Å². The summed E-state index contributed by atoms with van der Waals surface area (Å²) in [6.45, 7) is -0.153. The molecule has 0 aliphatic carbocycles. The zero-order valence-corrected chi connectivity index (χ0v) is 20.4. The van der Waals surface area contributed by atoms with Gasteiger partial charge < -0.3 is 10.6 Å². The van der Waals surface area contributed by atoms with Crippen molar-refractivity contribution in [2.24, 2.45) is 5.84 Å². The summed E-state index contributed by atoms with van der Waals surface area (Å²) in [7, 11) is 0. The summed E-state index contributed by atoms with van der Waals surface area (Å²) in [5.74, 6) is 4.86. The second-order valence-corrected chi connectivity index (χ2v) is 8.53. The van der Waals surface area contributed by atoms with Gasteiger partial charge >= 0.3 is 6.18 Å². The molecule has 4 aromatic carbocycles. The van der Waals surface area contributed by atoms with Crippen molar-refractivity contribution in [1.82, 2.24) is 10.6 Å². The number of hydrazine groups is 1. The van der Waals surface area contributed by atoms with Crippen LogP contribution in [-0.2, 0) is 19.3 Å². The number of carbonyl (C=O) groups is 2. The number of nitrogens with zero attached hydrogens (tertiary/aromatic N) is 1. The number of alkyl halides is 3. The predicted octanol–water partition coefficient (Wildman–Crippen LogP) is 5.52. The molecule has 0 saturated heterocycles. The van der Waals surface area contributed by atoms with Crippen LogP contribution in [0.15, 0.2) is 91.0 Å². The minimum absolute atomic E-state index is 0.0491. The van der Waals surface area contributed by atoms with Gasteiger partial charge in [-0.1, -0.05) is 36.4 Å². The molecule has 0 aromatic heterocycles. The number of nitrogens with one attached hydrogen (secondary N) is 2. The standard InChI is InChI=1S/C29H23F4N4O2/c30-23-8-3-5-19(15-23)17-35-28(39)21-7-4-9-25(16-21)37(34)24-13-11-20(12-14-24)27(38)36-18-22-6-1-2-10-26(22)29(31,32)33/h1-13,15-16H,17-18,34H2,(H,35,39)(H,36,38). The molecule has 0 unspecified atom stereocenters. The van der Waals surface area contributed by atoms with Crippen molar-refractivity contribution in [2.75, 3.05) is 5.01 Å². The highest BCUT2D eigenvalue weighted by atomic mass is 19.4. The Morgan fingerprint density at radius 2 is 1.54 bits per heavy atom. The molecule has 4 rings (SSSR count). The first-order chi connectivity index (χ1) is 18.6. The summed E-state index contributed by atoms with van der Waals surface area (Å²) >= 11 is 0. The van der Waals surface area contributed by atoms with Crippen LogP contribution in [0, 0.1) is 11.9 Å². The second-order valence-electron chi connectivity index (χ2n) is 8.53. The van der Waals surface area contributed by atoms with E-state index in [0.717, 1.165) is 6.07 Å². The van der Waals surface area contributed by atoms with Crippen molar-refractivity contribution >= 4 is 23.2 Å². The van der Waals surface area contributed by atoms with Crippen LogP contribution in [0.5, 0.6) is 0 Å². The van der Waals surface area contributed by atoms with Gasteiger partial charge in [0.25, 0.3) is 11.8 Å². The van der Waals surface area contributed by atoms with Crippen LogP contribution in [0.1, 0.15) is 37.4 Å². The molecule has 0 aliphatic rings. The van der Waals surface area contributed by atoms with Gasteiger partial charge in [-0.15, -0.1) is 0 Å². The van der Waals surface area contributed by atoms with Crippen molar-refractivity contribution < 1.29 is 27.2 Å². The Labute approximate surface area is 222 Å². The van der Waals surface area contributed by atoms with E-state index in [4.69, 9.17) is 5.84 Å². The summed E-state index contributed by atoms with van der Waals surface area (Å²) < 4.78 is 52.9. The molecule has 1 radical (unpaired) electrons. The molecule has 0 bridgehead atoms. The minimum Gasteiger partial charge on any atom is -0.348 e. The van der Waals surface area contributed by atoms with E-state index in [1.807, 2.05) is 0 Å². The van der Waals surface area contributed by atoms with Crippen molar-refractivity contribution in [3.63, 3.8) is 0 Å². The van der Waals surface area contributed by atoms with Gasteiger partial charge in [0.05, 0.1) is 16.9 Å². The van der Waals surface area contributed by atoms with E-state index in [0.29, 0.717) is 22.5 Å². The van der Waals surface area contributed by atoms with Gasteiger partial charge in [-0.25, -0.2) is 10.2 Å². The number of carbonyl (C=O) groups excluding carboxylic acids is 2. The van der Waals surface area contributed by atoms with E-state index in [9.17, 15) is 27.2 Å². The largest absolute Gasteiger partial charge is 0.416 e. The number of nitrogens with two attached hydrogens (primary N) is 1. The predicted molar refractivity (Wildman–Crippen MR) is 138 cm³/mol. The fourth-order valence-electron chi connectivity index (χ4n) is 3.80. The van der Waals surface area contributed by atoms with Crippen LogP contribution in [0.25, 0.3) is 0 Å². The zero-order valence-electron chi connectivity index (χ0n) is 20.4. The molecule has 4 aromatic rings. The maximum atomic E-state index is 13.4. The van der Waals surface area contributed by atoms with Gasteiger partial charge in [-0.2, -0.15) is 13.2 Å². The molecule has 39 heavy (non-hydrogen) atoms. The highest BCUT2D eigenvalue weighted by molar-refractivity contribution is 5.96. The molecule has 2 amide bonds. The summed E-state index contributed by atoms with van der Waals surface area (Å²) in [5.41, 5.74) is 1.11. The lowest BCUT2D eigenvalue weighted by Gasteiger charge is -2.19. The van der Waals surface area contributed by atoms with E-state index in [-0.39, 0.29) is 30.1 Å². The monoisotopic (exact) mass is 535 g/mol. The smallest absolute Gasteiger partial charge is 0.348 e. The second kappa shape index (κ2) is 11.8. The molecule has 6 nitrogen and oxygen atoms in total. The van der Waals surface area contributed by atoms with E-state index in [2.05, 4.69) is 16.7 Å². The number of benzene rings is 4. The van der Waals surface area contributed by atoms with Crippen molar-refractivity contribution in [2.45, 2.75) is 19.3 Å². The number of rotatable bonds is 8. The summed E-state index contributed by atoms with van der Waals surface area (Å²) in [5, 5.41) is 6.48. The minimum atomic E-state index is -4.53. The van der Waals surface area contributed by atoms with Crippen molar-refractivity contribution in [1.29, 1.82) is 0 Å². The van der Waals surface area contributed by atoms with E-state index in [1.165, 1.54) is 53.5 Å². The molecule has 0 heterocycles. The Kier molecular flexibility index (Phi) is 8.26. The molecule has 10 heteroatoms. The SMILES string of the molecule is NN(c1[c]cc(C(=O)NCc2ccccc2C(F)(F)F)cc1)c1cccc(C(=O)NCc2cccc(F)c2)c1. The number of hydrogen-bond donors (Lipinski definition) is 3. The highest BCUT2D eigenvalue weighted by Gasteiger charge is 2.32. The van der Waals surface area contributed by atoms with Crippen molar-refractivity contribution in [3.8, 4) is 0 Å². The van der Waals surface area contributed by atoms with Gasteiger partial charge in [-0.3, -0.25) is 14.6 Å². The van der Waals surface area contributed by atoms with Crippen LogP contribution < -0.4 is 21.5 Å². The number of anilines is 2. The van der Waals surface area contributed by atoms with E-state index in [1.54, 1.807) is 36.4 Å². The lowest BCUT2D eigenvalue weighted by molar-refractivity contribution is -0.138. The zero-order chi connectivity index (χ0) is 28.0. The summed E-state index contributed by atoms with van der Waals surface area (Å²) in [6.07, 6.45) is -4.53. The molecule has 0 spiro atoms. The van der Waals surface area contributed by atoms with E-state index >= 15 is 0 Å². The normalized spacial score (nSPS) is 11.1. The third-order valence-corrected chi connectivity index (χ3v) is 5.81. The molecule has 199 valence electrons. The van der Waals surface area contributed by atoms with Crippen LogP contribution in [0.4, 0.5) is 28.9 Å². The first-order valence-corrected chi connectivity index (χ1v) is 11.7. The fraction of sp³-hybridized carbons (Fsp3) is 0.103. The summed E-state index contributed by atoms with van der Waals surface area (Å²) in [6, 6.07) is 24.7. The number of halogens is 4. The molecule has 0 atom stereocenters. The third kappa shape index (κ3) is 6.99. The quantitative estimate of drug-likeness (QED) is 0.158. The third-order valence-electron chi connectivity index (χ3n) is 5.81. The van der Waals surface area contributed by atoms with Crippen LogP contribution in [0.2, 0.25) is 0 Å². The number of amides is 2. The van der Waals surface area contributed by atoms with Crippen molar-refractivity contribution in [3.05, 3.63) is 131 Å². The van der Waals surface area contributed by atoms with Gasteiger partial charge in [0.15, 0.2) is 0 Å². The van der Waals surface area contributed by atoms with Crippen LogP contribution in [0.3, 0.4) is 0 Å².